The molecule has 0 saturated carbocycles. The van der Waals surface area contributed by atoms with Gasteiger partial charge < -0.3 is 39.8 Å². The van der Waals surface area contributed by atoms with E-state index < -0.39 is 41.9 Å². The predicted octanol–water partition coefficient (Wildman–Crippen LogP) is 4.55. The van der Waals surface area contributed by atoms with Gasteiger partial charge in [-0.1, -0.05) is 66.7 Å². The summed E-state index contributed by atoms with van der Waals surface area (Å²) >= 11 is 0. The number of ether oxygens (including phenoxy) is 4. The van der Waals surface area contributed by atoms with Gasteiger partial charge in [-0.2, -0.15) is 0 Å². The van der Waals surface area contributed by atoms with Crippen molar-refractivity contribution in [2.75, 3.05) is 33.5 Å². The summed E-state index contributed by atoms with van der Waals surface area (Å²) in [5.74, 6) is -0.302. The highest BCUT2D eigenvalue weighted by Gasteiger charge is 2.35. The lowest BCUT2D eigenvalue weighted by Crippen LogP contribution is -2.48. The fourth-order valence-corrected chi connectivity index (χ4v) is 5.84. The average molecular weight is 663 g/mol. The molecule has 0 aliphatic heterocycles. The molecule has 4 N–H and O–H groups in total. The van der Waals surface area contributed by atoms with Crippen LogP contribution in [0.5, 0.6) is 5.75 Å². The zero-order valence-corrected chi connectivity index (χ0v) is 28.4. The normalized spacial score (nSPS) is 17.5. The minimum absolute atomic E-state index is 0.0562. The number of aliphatic hydroxyl groups excluding tert-OH is 2. The van der Waals surface area contributed by atoms with Gasteiger partial charge in [-0.3, -0.25) is 4.79 Å². The van der Waals surface area contributed by atoms with Crippen LogP contribution < -0.4 is 15.4 Å². The molecule has 1 aliphatic rings. The second kappa shape index (κ2) is 18.0. The molecule has 3 aromatic carbocycles. The van der Waals surface area contributed by atoms with Crippen LogP contribution in [0.4, 0.5) is 4.79 Å². The maximum atomic E-state index is 14.0. The van der Waals surface area contributed by atoms with Crippen LogP contribution in [0.25, 0.3) is 0 Å². The quantitative estimate of drug-likeness (QED) is 0.155. The largest absolute Gasteiger partial charge is 0.491 e. The number of rotatable bonds is 17. The molecule has 3 aromatic rings. The van der Waals surface area contributed by atoms with E-state index in [0.29, 0.717) is 51.4 Å². The molecule has 0 aromatic heterocycles. The Hall–Kier alpha value is -3.96. The van der Waals surface area contributed by atoms with Crippen molar-refractivity contribution in [1.29, 1.82) is 0 Å². The van der Waals surface area contributed by atoms with E-state index in [0.717, 1.165) is 22.3 Å². The molecule has 0 radical (unpaired) electrons. The molecule has 0 bridgehead atoms. The summed E-state index contributed by atoms with van der Waals surface area (Å²) in [6, 6.07) is 23.4. The molecule has 1 aliphatic carbocycles. The minimum atomic E-state index is -1.09. The highest BCUT2D eigenvalue weighted by molar-refractivity contribution is 5.80. The zero-order valence-electron chi connectivity index (χ0n) is 28.4. The molecule has 2 amide bonds. The lowest BCUT2D eigenvalue weighted by atomic mass is 9.88. The van der Waals surface area contributed by atoms with E-state index in [1.165, 1.54) is 0 Å². The molecule has 10 heteroatoms. The first-order chi connectivity index (χ1) is 23.0. The Morgan fingerprint density at radius 3 is 2.25 bits per heavy atom. The second-order valence-corrected chi connectivity index (χ2v) is 13.2. The number of carbonyl (C=O) groups excluding carboxylic acids is 2. The lowest BCUT2D eigenvalue weighted by Gasteiger charge is -2.29. The highest BCUT2D eigenvalue weighted by atomic mass is 16.6. The summed E-state index contributed by atoms with van der Waals surface area (Å²) in [5.41, 5.74) is 2.96. The molecule has 0 spiro atoms. The molecule has 4 rings (SSSR count). The molecular formula is C38H50N2O8. The van der Waals surface area contributed by atoms with Crippen molar-refractivity contribution in [2.45, 2.75) is 76.3 Å². The Morgan fingerprint density at radius 1 is 0.875 bits per heavy atom. The summed E-state index contributed by atoms with van der Waals surface area (Å²) in [7, 11) is 1.62. The number of carbonyl (C=O) groups is 2. The number of aliphatic hydroxyl groups is 2. The van der Waals surface area contributed by atoms with Crippen LogP contribution in [0.1, 0.15) is 55.5 Å². The fraction of sp³-hybridized carbons (Fsp3) is 0.474. The Kier molecular flexibility index (Phi) is 13.8. The summed E-state index contributed by atoms with van der Waals surface area (Å²) < 4.78 is 21.7. The van der Waals surface area contributed by atoms with Crippen molar-refractivity contribution in [3.8, 4) is 5.75 Å². The van der Waals surface area contributed by atoms with Crippen LogP contribution in [0.15, 0.2) is 78.9 Å². The van der Waals surface area contributed by atoms with Gasteiger partial charge in [0, 0.05) is 19.4 Å². The number of nitrogens with one attached hydrogen (secondary N) is 2. The van der Waals surface area contributed by atoms with Gasteiger partial charge in [-0.15, -0.1) is 0 Å². The first-order valence-electron chi connectivity index (χ1n) is 16.6. The molecule has 0 saturated heterocycles. The molecule has 0 fully saturated rings. The van der Waals surface area contributed by atoms with E-state index in [-0.39, 0.29) is 12.3 Å². The van der Waals surface area contributed by atoms with E-state index in [1.807, 2.05) is 78.9 Å². The van der Waals surface area contributed by atoms with Crippen LogP contribution in [-0.4, -0.2) is 79.6 Å². The van der Waals surface area contributed by atoms with Gasteiger partial charge in [0.1, 0.15) is 18.0 Å². The third-order valence-corrected chi connectivity index (χ3v) is 8.20. The first-order valence-corrected chi connectivity index (χ1v) is 16.6. The van der Waals surface area contributed by atoms with Crippen LogP contribution >= 0.6 is 0 Å². The predicted molar refractivity (Wildman–Crippen MR) is 183 cm³/mol. The molecule has 0 unspecified atom stereocenters. The van der Waals surface area contributed by atoms with Crippen molar-refractivity contribution in [2.24, 2.45) is 5.92 Å². The molecule has 10 nitrogen and oxygen atoms in total. The topological polar surface area (TPSA) is 136 Å². The summed E-state index contributed by atoms with van der Waals surface area (Å²) in [5, 5.41) is 28.5. The fourth-order valence-electron chi connectivity index (χ4n) is 5.84. The van der Waals surface area contributed by atoms with Gasteiger partial charge in [0.05, 0.1) is 44.1 Å². The molecule has 260 valence electrons. The van der Waals surface area contributed by atoms with Crippen molar-refractivity contribution >= 4 is 12.0 Å². The Morgan fingerprint density at radius 2 is 1.54 bits per heavy atom. The third kappa shape index (κ3) is 11.6. The smallest absolute Gasteiger partial charge is 0.407 e. The number of methoxy groups -OCH3 is 1. The third-order valence-electron chi connectivity index (χ3n) is 8.20. The first kappa shape index (κ1) is 36.9. The van der Waals surface area contributed by atoms with Crippen LogP contribution in [0, 0.1) is 5.92 Å². The van der Waals surface area contributed by atoms with Gasteiger partial charge in [0.15, 0.2) is 0 Å². The Bertz CT molecular complexity index is 1430. The SMILES string of the molecule is COCCOCCOc1ccc(C[C@H](C[C@H](O)[C@H](Cc2ccccc2)NC(=O)OC(C)(C)C)C(=O)N[C@H]2c3ccccc3C[C@H]2O)cc1. The number of hydrogen-bond donors (Lipinski definition) is 4. The van der Waals surface area contributed by atoms with E-state index in [2.05, 4.69) is 10.6 Å². The summed E-state index contributed by atoms with van der Waals surface area (Å²) in [6.07, 6.45) is -1.33. The zero-order chi connectivity index (χ0) is 34.5. The van der Waals surface area contributed by atoms with Crippen molar-refractivity contribution in [3.05, 3.63) is 101 Å². The average Bonchev–Trinajstić information content (AvgIpc) is 3.36. The van der Waals surface area contributed by atoms with Crippen LogP contribution in [0.2, 0.25) is 0 Å². The van der Waals surface area contributed by atoms with Crippen molar-refractivity contribution in [1.82, 2.24) is 10.6 Å². The van der Waals surface area contributed by atoms with E-state index in [4.69, 9.17) is 18.9 Å². The minimum Gasteiger partial charge on any atom is -0.491 e. The molecular weight excluding hydrogens is 612 g/mol. The van der Waals surface area contributed by atoms with Crippen molar-refractivity contribution in [3.63, 3.8) is 0 Å². The molecule has 0 heterocycles. The highest BCUT2D eigenvalue weighted by Crippen LogP contribution is 2.32. The molecule has 5 atom stereocenters. The lowest BCUT2D eigenvalue weighted by molar-refractivity contribution is -0.127. The maximum absolute atomic E-state index is 14.0. The number of benzene rings is 3. The monoisotopic (exact) mass is 662 g/mol. The number of fused-ring (bicyclic) bond motifs is 1. The van der Waals surface area contributed by atoms with Crippen molar-refractivity contribution < 1.29 is 38.7 Å². The summed E-state index contributed by atoms with van der Waals surface area (Å²) in [4.78, 5) is 26.9. The maximum Gasteiger partial charge on any atom is 0.407 e. The van der Waals surface area contributed by atoms with E-state index >= 15 is 0 Å². The van der Waals surface area contributed by atoms with E-state index in [9.17, 15) is 19.8 Å². The molecule has 48 heavy (non-hydrogen) atoms. The number of hydrogen-bond acceptors (Lipinski definition) is 8. The van der Waals surface area contributed by atoms with Gasteiger partial charge in [0.2, 0.25) is 5.91 Å². The van der Waals surface area contributed by atoms with Crippen LogP contribution in [0.3, 0.4) is 0 Å². The van der Waals surface area contributed by atoms with Gasteiger partial charge in [-0.25, -0.2) is 4.79 Å². The van der Waals surface area contributed by atoms with Gasteiger partial charge in [-0.05, 0) is 74.4 Å². The van der Waals surface area contributed by atoms with Crippen LogP contribution in [-0.2, 0) is 38.3 Å². The second-order valence-electron chi connectivity index (χ2n) is 13.2. The Labute approximate surface area is 283 Å². The Balaban J connectivity index is 1.51. The van der Waals surface area contributed by atoms with Gasteiger partial charge >= 0.3 is 6.09 Å². The van der Waals surface area contributed by atoms with E-state index in [1.54, 1.807) is 27.9 Å². The number of alkyl carbamates (subject to hydrolysis) is 1. The van der Waals surface area contributed by atoms with Gasteiger partial charge in [0.25, 0.3) is 0 Å². The summed E-state index contributed by atoms with van der Waals surface area (Å²) in [6.45, 7) is 7.17. The number of amides is 2. The standard InChI is InChI=1S/C38H50N2O8/c1-38(2,3)48-37(44)39-32(23-26-10-6-5-7-11-26)33(41)25-29(36(43)40-35-31-13-9-8-12-28(31)24-34(35)42)22-27-14-16-30(17-15-27)47-21-20-46-19-18-45-4/h5-17,29,32-35,41-42H,18-25H2,1-4H3,(H,39,44)(H,40,43)/t29-,32+,33+,34-,35+/m1/s1.